The first-order chi connectivity index (χ1) is 18.1. The summed E-state index contributed by atoms with van der Waals surface area (Å²) in [4.78, 5) is 55.6. The number of hydrogen-bond acceptors (Lipinski definition) is 7. The fraction of sp³-hybridized carbons (Fsp3) is 0.429. The van der Waals surface area contributed by atoms with Crippen LogP contribution in [0.1, 0.15) is 36.7 Å². The van der Waals surface area contributed by atoms with Crippen molar-refractivity contribution in [3.05, 3.63) is 59.7 Å². The Morgan fingerprint density at radius 2 is 1.63 bits per heavy atom. The first-order valence-corrected chi connectivity index (χ1v) is 12.7. The third-order valence-corrected chi connectivity index (χ3v) is 6.52. The maximum Gasteiger partial charge on any atom is 0.410 e. The first-order valence-electron chi connectivity index (χ1n) is 12.7. The van der Waals surface area contributed by atoms with Crippen LogP contribution in [0.25, 0.3) is 0 Å². The summed E-state index contributed by atoms with van der Waals surface area (Å²) in [5.41, 5.74) is 2.34. The van der Waals surface area contributed by atoms with Crippen molar-refractivity contribution in [3.63, 3.8) is 0 Å². The highest BCUT2D eigenvalue weighted by molar-refractivity contribution is 6.06. The highest BCUT2D eigenvalue weighted by Gasteiger charge is 2.35. The Morgan fingerprint density at radius 1 is 0.974 bits per heavy atom. The van der Waals surface area contributed by atoms with Gasteiger partial charge in [-0.15, -0.1) is 0 Å². The highest BCUT2D eigenvalue weighted by atomic mass is 16.6. The largest absolute Gasteiger partial charge is 0.468 e. The minimum absolute atomic E-state index is 0.228. The molecule has 4 rings (SSSR count). The van der Waals surface area contributed by atoms with Gasteiger partial charge in [0.2, 0.25) is 5.91 Å². The average molecular weight is 523 g/mol. The lowest BCUT2D eigenvalue weighted by Gasteiger charge is -2.36. The standard InChI is InChI=1S/C28H34N4O6/c1-28(2,3)38-27(36)31-15-13-30(14-16-31)21-11-9-19(10-12-21)25(34)29-22-17-20-7-5-6-8-23(20)32(26(22)35)18-24(33)37-4/h5-12,22H,13-18H2,1-4H3,(H,29,34). The summed E-state index contributed by atoms with van der Waals surface area (Å²) in [6.07, 6.45) is 0.0209. The third kappa shape index (κ3) is 6.24. The van der Waals surface area contributed by atoms with Crippen LogP contribution < -0.4 is 15.1 Å². The van der Waals surface area contributed by atoms with E-state index in [4.69, 9.17) is 9.47 Å². The number of para-hydroxylation sites is 1. The number of hydrogen-bond donors (Lipinski definition) is 1. The maximum absolute atomic E-state index is 13.2. The van der Waals surface area contributed by atoms with Gasteiger partial charge in [-0.3, -0.25) is 19.3 Å². The smallest absolute Gasteiger partial charge is 0.410 e. The Hall–Kier alpha value is -4.08. The summed E-state index contributed by atoms with van der Waals surface area (Å²) < 4.78 is 10.2. The minimum atomic E-state index is -0.803. The molecule has 2 heterocycles. The molecule has 1 saturated heterocycles. The van der Waals surface area contributed by atoms with Crippen molar-refractivity contribution in [2.24, 2.45) is 0 Å². The summed E-state index contributed by atoms with van der Waals surface area (Å²) in [5.74, 6) is -1.27. The zero-order valence-corrected chi connectivity index (χ0v) is 22.2. The highest BCUT2D eigenvalue weighted by Crippen LogP contribution is 2.28. The van der Waals surface area contributed by atoms with E-state index >= 15 is 0 Å². The van der Waals surface area contributed by atoms with Gasteiger partial charge in [0, 0.05) is 49.5 Å². The predicted octanol–water partition coefficient (Wildman–Crippen LogP) is 2.60. The number of nitrogens with zero attached hydrogens (tertiary/aromatic N) is 3. The number of piperazine rings is 1. The Labute approximate surface area is 222 Å². The van der Waals surface area contributed by atoms with Crippen LogP contribution in [0, 0.1) is 0 Å². The Bertz CT molecular complexity index is 1200. The SMILES string of the molecule is COC(=O)CN1C(=O)C(NC(=O)c2ccc(N3CCN(C(=O)OC(C)(C)C)CC3)cc2)Cc2ccccc21. The van der Waals surface area contributed by atoms with Crippen LogP contribution >= 0.6 is 0 Å². The molecule has 0 saturated carbocycles. The summed E-state index contributed by atoms with van der Waals surface area (Å²) >= 11 is 0. The predicted molar refractivity (Wildman–Crippen MR) is 142 cm³/mol. The van der Waals surface area contributed by atoms with Gasteiger partial charge < -0.3 is 24.6 Å². The van der Waals surface area contributed by atoms with E-state index in [9.17, 15) is 19.2 Å². The normalized spacial score (nSPS) is 17.5. The molecule has 10 heteroatoms. The zero-order chi connectivity index (χ0) is 27.4. The van der Waals surface area contributed by atoms with Gasteiger partial charge in [0.05, 0.1) is 7.11 Å². The molecule has 0 bridgehead atoms. The van der Waals surface area contributed by atoms with E-state index < -0.39 is 17.6 Å². The van der Waals surface area contributed by atoms with Crippen molar-refractivity contribution < 1.29 is 28.7 Å². The van der Waals surface area contributed by atoms with Gasteiger partial charge in [0.25, 0.3) is 5.91 Å². The van der Waals surface area contributed by atoms with Crippen LogP contribution in [0.15, 0.2) is 48.5 Å². The molecule has 38 heavy (non-hydrogen) atoms. The molecule has 0 aliphatic carbocycles. The van der Waals surface area contributed by atoms with Gasteiger partial charge in [-0.2, -0.15) is 0 Å². The van der Waals surface area contributed by atoms with Gasteiger partial charge in [-0.25, -0.2) is 4.79 Å². The molecule has 0 spiro atoms. The van der Waals surface area contributed by atoms with Gasteiger partial charge in [0.1, 0.15) is 18.2 Å². The van der Waals surface area contributed by atoms with Crippen LogP contribution in [0.3, 0.4) is 0 Å². The number of benzene rings is 2. The fourth-order valence-electron chi connectivity index (χ4n) is 4.57. The van der Waals surface area contributed by atoms with Crippen LogP contribution in [-0.4, -0.2) is 80.3 Å². The quantitative estimate of drug-likeness (QED) is 0.602. The number of ether oxygens (including phenoxy) is 2. The second-order valence-corrected chi connectivity index (χ2v) is 10.4. The number of anilines is 2. The summed E-state index contributed by atoms with van der Waals surface area (Å²) in [7, 11) is 1.27. The van der Waals surface area contributed by atoms with Crippen LogP contribution in [0.2, 0.25) is 0 Å². The molecule has 2 aliphatic heterocycles. The van der Waals surface area contributed by atoms with Crippen molar-refractivity contribution in [3.8, 4) is 0 Å². The first kappa shape index (κ1) is 27.0. The number of fused-ring (bicyclic) bond motifs is 1. The van der Waals surface area contributed by atoms with Crippen molar-refractivity contribution in [2.75, 3.05) is 49.6 Å². The second-order valence-electron chi connectivity index (χ2n) is 10.4. The van der Waals surface area contributed by atoms with E-state index in [1.165, 1.54) is 12.0 Å². The van der Waals surface area contributed by atoms with E-state index in [0.29, 0.717) is 43.9 Å². The molecular weight excluding hydrogens is 488 g/mol. The molecule has 10 nitrogen and oxygen atoms in total. The van der Waals surface area contributed by atoms with Crippen molar-refractivity contribution >= 4 is 35.3 Å². The number of methoxy groups -OCH3 is 1. The average Bonchev–Trinajstić information content (AvgIpc) is 2.90. The number of nitrogens with one attached hydrogen (secondary N) is 1. The Balaban J connectivity index is 1.37. The van der Waals surface area contributed by atoms with Crippen molar-refractivity contribution in [1.29, 1.82) is 0 Å². The number of esters is 1. The van der Waals surface area contributed by atoms with E-state index in [-0.39, 0.29) is 24.5 Å². The molecule has 2 aromatic carbocycles. The van der Waals surface area contributed by atoms with Gasteiger partial charge in [-0.05, 0) is 56.7 Å². The molecule has 2 aliphatic rings. The molecule has 1 unspecified atom stereocenters. The van der Waals surface area contributed by atoms with E-state index in [0.717, 1.165) is 11.3 Å². The van der Waals surface area contributed by atoms with Crippen molar-refractivity contribution in [2.45, 2.75) is 38.8 Å². The number of rotatable bonds is 5. The van der Waals surface area contributed by atoms with Crippen LogP contribution in [-0.2, 0) is 25.5 Å². The maximum atomic E-state index is 13.2. The summed E-state index contributed by atoms with van der Waals surface area (Å²) in [6, 6.07) is 13.7. The van der Waals surface area contributed by atoms with Crippen molar-refractivity contribution in [1.82, 2.24) is 10.2 Å². The number of amides is 3. The zero-order valence-electron chi connectivity index (χ0n) is 22.2. The number of carbonyl (C=O) groups is 4. The molecule has 3 amide bonds. The summed E-state index contributed by atoms with van der Waals surface area (Å²) in [5, 5.41) is 2.83. The monoisotopic (exact) mass is 522 g/mol. The van der Waals surface area contributed by atoms with E-state index in [1.807, 2.05) is 45.0 Å². The lowest BCUT2D eigenvalue weighted by Crippen LogP contribution is -2.54. The third-order valence-electron chi connectivity index (χ3n) is 6.52. The number of carbonyl (C=O) groups excluding carboxylic acids is 4. The van der Waals surface area contributed by atoms with Gasteiger partial charge in [0.15, 0.2) is 0 Å². The van der Waals surface area contributed by atoms with Crippen LogP contribution in [0.5, 0.6) is 0 Å². The lowest BCUT2D eigenvalue weighted by molar-refractivity contribution is -0.140. The Kier molecular flexibility index (Phi) is 7.89. The Morgan fingerprint density at radius 3 is 2.26 bits per heavy atom. The van der Waals surface area contributed by atoms with Gasteiger partial charge >= 0.3 is 12.1 Å². The molecule has 1 N–H and O–H groups in total. The topological polar surface area (TPSA) is 108 Å². The molecular formula is C28H34N4O6. The summed E-state index contributed by atoms with van der Waals surface area (Å²) in [6.45, 7) is 7.71. The molecule has 1 fully saturated rings. The van der Waals surface area contributed by atoms with Gasteiger partial charge in [-0.1, -0.05) is 18.2 Å². The minimum Gasteiger partial charge on any atom is -0.468 e. The van der Waals surface area contributed by atoms with E-state index in [2.05, 4.69) is 10.2 Å². The second kappa shape index (κ2) is 11.1. The molecule has 0 radical (unpaired) electrons. The molecule has 2 aromatic rings. The molecule has 0 aromatic heterocycles. The lowest BCUT2D eigenvalue weighted by atomic mass is 9.96. The van der Waals surface area contributed by atoms with Crippen LogP contribution in [0.4, 0.5) is 16.2 Å². The molecule has 202 valence electrons. The molecule has 1 atom stereocenters. The fourth-order valence-corrected chi connectivity index (χ4v) is 4.57. The van der Waals surface area contributed by atoms with E-state index in [1.54, 1.807) is 29.2 Å².